The zero-order valence-electron chi connectivity index (χ0n) is 14.9. The van der Waals surface area contributed by atoms with Gasteiger partial charge in [-0.15, -0.1) is 0 Å². The van der Waals surface area contributed by atoms with E-state index in [0.29, 0.717) is 25.6 Å². The zero-order chi connectivity index (χ0) is 19.2. The second-order valence-corrected chi connectivity index (χ2v) is 6.53. The lowest BCUT2D eigenvalue weighted by Crippen LogP contribution is -2.41. The van der Waals surface area contributed by atoms with Crippen LogP contribution in [0.3, 0.4) is 0 Å². The molecule has 1 aromatic carbocycles. The van der Waals surface area contributed by atoms with E-state index in [1.165, 1.54) is 24.5 Å². The Hall–Kier alpha value is -2.87. The number of hydrogen-bond donors (Lipinski definition) is 2. The average Bonchev–Trinajstić information content (AvgIpc) is 2.72. The summed E-state index contributed by atoms with van der Waals surface area (Å²) in [7, 11) is 0. The van der Waals surface area contributed by atoms with Gasteiger partial charge in [0, 0.05) is 32.0 Å². The van der Waals surface area contributed by atoms with Gasteiger partial charge in [0.2, 0.25) is 0 Å². The van der Waals surface area contributed by atoms with Crippen LogP contribution >= 0.6 is 0 Å². The summed E-state index contributed by atoms with van der Waals surface area (Å²) in [4.78, 5) is 35.1. The zero-order valence-corrected chi connectivity index (χ0v) is 14.9. The Balaban J connectivity index is 1.68. The molecule has 3 N–H and O–H groups in total. The van der Waals surface area contributed by atoms with Gasteiger partial charge in [-0.2, -0.15) is 0 Å². The molecule has 0 saturated carbocycles. The number of benzene rings is 1. The van der Waals surface area contributed by atoms with Gasteiger partial charge in [0.1, 0.15) is 5.82 Å². The number of piperidine rings is 1. The van der Waals surface area contributed by atoms with Crippen molar-refractivity contribution in [2.24, 2.45) is 11.7 Å². The highest BCUT2D eigenvalue weighted by atomic mass is 19.1. The van der Waals surface area contributed by atoms with Crippen LogP contribution in [0.2, 0.25) is 0 Å². The number of likely N-dealkylation sites (tertiary alicyclic amines) is 1. The quantitative estimate of drug-likeness (QED) is 0.826. The van der Waals surface area contributed by atoms with E-state index in [-0.39, 0.29) is 29.7 Å². The van der Waals surface area contributed by atoms with E-state index in [0.717, 1.165) is 18.4 Å². The molecule has 142 valence electrons. The van der Waals surface area contributed by atoms with E-state index in [2.05, 4.69) is 15.3 Å². The molecular formula is C19H22FN5O2. The SMILES string of the molecule is NCC1CCN(C(=O)c2nccnc2C(=O)NCc2ccc(F)cc2)CC1. The molecule has 0 bridgehead atoms. The molecule has 0 aliphatic carbocycles. The van der Waals surface area contributed by atoms with Crippen LogP contribution in [0.4, 0.5) is 4.39 Å². The highest BCUT2D eigenvalue weighted by Gasteiger charge is 2.27. The fraction of sp³-hybridized carbons (Fsp3) is 0.368. The van der Waals surface area contributed by atoms with Crippen LogP contribution in [0.5, 0.6) is 0 Å². The predicted molar refractivity (Wildman–Crippen MR) is 97.3 cm³/mol. The van der Waals surface area contributed by atoms with Gasteiger partial charge >= 0.3 is 0 Å². The Morgan fingerprint density at radius 2 is 1.74 bits per heavy atom. The summed E-state index contributed by atoms with van der Waals surface area (Å²) in [6.07, 6.45) is 4.46. The van der Waals surface area contributed by atoms with E-state index in [1.807, 2.05) is 0 Å². The normalized spacial score (nSPS) is 14.8. The van der Waals surface area contributed by atoms with Crippen molar-refractivity contribution in [3.63, 3.8) is 0 Å². The molecule has 1 fully saturated rings. The maximum absolute atomic E-state index is 13.0. The lowest BCUT2D eigenvalue weighted by Gasteiger charge is -2.31. The molecule has 2 amide bonds. The summed E-state index contributed by atoms with van der Waals surface area (Å²) in [5.74, 6) is -0.710. The molecular weight excluding hydrogens is 349 g/mol. The average molecular weight is 371 g/mol. The summed E-state index contributed by atoms with van der Waals surface area (Å²) >= 11 is 0. The van der Waals surface area contributed by atoms with Gasteiger partial charge in [-0.3, -0.25) is 9.59 Å². The molecule has 1 aliphatic heterocycles. The van der Waals surface area contributed by atoms with Gasteiger partial charge in [-0.05, 0) is 43.0 Å². The highest BCUT2D eigenvalue weighted by Crippen LogP contribution is 2.18. The predicted octanol–water partition coefficient (Wildman–Crippen LogP) is 1.36. The first-order chi connectivity index (χ1) is 13.1. The van der Waals surface area contributed by atoms with Crippen LogP contribution in [0.1, 0.15) is 39.4 Å². The fourth-order valence-corrected chi connectivity index (χ4v) is 3.05. The molecule has 0 unspecified atom stereocenters. The molecule has 0 radical (unpaired) electrons. The topological polar surface area (TPSA) is 101 Å². The van der Waals surface area contributed by atoms with Crippen molar-refractivity contribution in [2.75, 3.05) is 19.6 Å². The van der Waals surface area contributed by atoms with E-state index in [1.54, 1.807) is 17.0 Å². The molecule has 1 aliphatic rings. The summed E-state index contributed by atoms with van der Waals surface area (Å²) in [5, 5.41) is 2.70. The smallest absolute Gasteiger partial charge is 0.274 e. The van der Waals surface area contributed by atoms with Gasteiger partial charge < -0.3 is 16.0 Å². The third-order valence-corrected chi connectivity index (χ3v) is 4.72. The minimum atomic E-state index is -0.493. The second kappa shape index (κ2) is 8.68. The molecule has 1 saturated heterocycles. The molecule has 0 spiro atoms. The van der Waals surface area contributed by atoms with Crippen LogP contribution in [0.15, 0.2) is 36.7 Å². The Morgan fingerprint density at radius 1 is 1.11 bits per heavy atom. The first-order valence-corrected chi connectivity index (χ1v) is 8.91. The molecule has 27 heavy (non-hydrogen) atoms. The summed E-state index contributed by atoms with van der Waals surface area (Å²) in [6.45, 7) is 2.00. The van der Waals surface area contributed by atoms with Crippen LogP contribution in [0, 0.1) is 11.7 Å². The number of halogens is 1. The summed E-state index contributed by atoms with van der Waals surface area (Å²) in [5.41, 5.74) is 6.46. The number of carbonyl (C=O) groups is 2. The Morgan fingerprint density at radius 3 is 2.37 bits per heavy atom. The Bertz CT molecular complexity index is 804. The van der Waals surface area contributed by atoms with Crippen molar-refractivity contribution in [2.45, 2.75) is 19.4 Å². The van der Waals surface area contributed by atoms with Crippen molar-refractivity contribution >= 4 is 11.8 Å². The number of nitrogens with zero attached hydrogens (tertiary/aromatic N) is 3. The molecule has 2 aromatic rings. The number of hydrogen-bond acceptors (Lipinski definition) is 5. The van der Waals surface area contributed by atoms with Crippen LogP contribution < -0.4 is 11.1 Å². The van der Waals surface area contributed by atoms with E-state index < -0.39 is 5.91 Å². The lowest BCUT2D eigenvalue weighted by molar-refractivity contribution is 0.0681. The molecule has 8 heteroatoms. The van der Waals surface area contributed by atoms with Crippen molar-refractivity contribution in [3.05, 3.63) is 59.4 Å². The molecule has 7 nitrogen and oxygen atoms in total. The maximum Gasteiger partial charge on any atom is 0.274 e. The summed E-state index contributed by atoms with van der Waals surface area (Å²) < 4.78 is 13.0. The number of aromatic nitrogens is 2. The van der Waals surface area contributed by atoms with Gasteiger partial charge in [0.15, 0.2) is 11.4 Å². The van der Waals surface area contributed by atoms with E-state index in [9.17, 15) is 14.0 Å². The first-order valence-electron chi connectivity index (χ1n) is 8.91. The van der Waals surface area contributed by atoms with Crippen molar-refractivity contribution in [3.8, 4) is 0 Å². The van der Waals surface area contributed by atoms with Crippen LogP contribution in [-0.2, 0) is 6.54 Å². The van der Waals surface area contributed by atoms with Crippen LogP contribution in [-0.4, -0.2) is 46.3 Å². The lowest BCUT2D eigenvalue weighted by atomic mass is 9.97. The minimum absolute atomic E-state index is 0.00874. The van der Waals surface area contributed by atoms with Gasteiger partial charge in [-0.1, -0.05) is 12.1 Å². The van der Waals surface area contributed by atoms with E-state index >= 15 is 0 Å². The molecule has 0 atom stereocenters. The fourth-order valence-electron chi connectivity index (χ4n) is 3.05. The molecule has 3 rings (SSSR count). The van der Waals surface area contributed by atoms with Crippen molar-refractivity contribution < 1.29 is 14.0 Å². The number of nitrogens with one attached hydrogen (secondary N) is 1. The number of carbonyl (C=O) groups excluding carboxylic acids is 2. The number of nitrogens with two attached hydrogens (primary N) is 1. The first kappa shape index (κ1) is 18.9. The largest absolute Gasteiger partial charge is 0.347 e. The van der Waals surface area contributed by atoms with E-state index in [4.69, 9.17) is 5.73 Å². The molecule has 2 heterocycles. The standard InChI is InChI=1S/C19H22FN5O2/c20-15-3-1-14(2-4-15)12-24-18(26)16-17(23-8-7-22-16)19(27)25-9-5-13(11-21)6-10-25/h1-4,7-8,13H,5-6,9-12,21H2,(H,24,26). The highest BCUT2D eigenvalue weighted by molar-refractivity contribution is 6.04. The second-order valence-electron chi connectivity index (χ2n) is 6.53. The summed E-state index contributed by atoms with van der Waals surface area (Å²) in [6, 6.07) is 5.81. The minimum Gasteiger partial charge on any atom is -0.347 e. The van der Waals surface area contributed by atoms with Gasteiger partial charge in [0.05, 0.1) is 0 Å². The Labute approximate surface area is 156 Å². The number of rotatable bonds is 5. The Kier molecular flexibility index (Phi) is 6.08. The number of amides is 2. The monoisotopic (exact) mass is 371 g/mol. The third kappa shape index (κ3) is 4.65. The van der Waals surface area contributed by atoms with Crippen molar-refractivity contribution in [1.29, 1.82) is 0 Å². The molecule has 1 aromatic heterocycles. The van der Waals surface area contributed by atoms with Crippen molar-refractivity contribution in [1.82, 2.24) is 20.2 Å². The third-order valence-electron chi connectivity index (χ3n) is 4.72. The van der Waals surface area contributed by atoms with Gasteiger partial charge in [-0.25, -0.2) is 14.4 Å². The van der Waals surface area contributed by atoms with Gasteiger partial charge in [0.25, 0.3) is 11.8 Å². The van der Waals surface area contributed by atoms with Crippen LogP contribution in [0.25, 0.3) is 0 Å². The maximum atomic E-state index is 13.0.